The first-order valence-corrected chi connectivity index (χ1v) is 9.05. The third-order valence-corrected chi connectivity index (χ3v) is 6.08. The van der Waals surface area contributed by atoms with Crippen LogP contribution in [-0.2, 0) is 11.2 Å². The van der Waals surface area contributed by atoms with Gasteiger partial charge in [-0.2, -0.15) is 0 Å². The molecule has 1 aromatic rings. The summed E-state index contributed by atoms with van der Waals surface area (Å²) in [5.74, 6) is 0.660. The zero-order valence-corrected chi connectivity index (χ0v) is 16.9. The second kappa shape index (κ2) is 8.44. The molecule has 2 N–H and O–H groups in total. The van der Waals surface area contributed by atoms with Crippen LogP contribution in [0.1, 0.15) is 17.5 Å². The summed E-state index contributed by atoms with van der Waals surface area (Å²) in [7, 11) is 0. The fourth-order valence-corrected chi connectivity index (χ4v) is 4.74. The molecule has 0 aromatic heterocycles. The van der Waals surface area contributed by atoms with Gasteiger partial charge in [0.05, 0.1) is 13.2 Å². The van der Waals surface area contributed by atoms with Crippen molar-refractivity contribution in [2.24, 2.45) is 11.3 Å². The maximum absolute atomic E-state index is 12.9. The minimum absolute atomic E-state index is 0. The van der Waals surface area contributed by atoms with Gasteiger partial charge in [-0.25, -0.2) is 0 Å². The van der Waals surface area contributed by atoms with Crippen LogP contribution in [0.15, 0.2) is 18.2 Å². The van der Waals surface area contributed by atoms with Gasteiger partial charge in [0.15, 0.2) is 0 Å². The summed E-state index contributed by atoms with van der Waals surface area (Å²) in [6.45, 7) is 7.15. The van der Waals surface area contributed by atoms with Crippen LogP contribution in [-0.4, -0.2) is 61.8 Å². The summed E-state index contributed by atoms with van der Waals surface area (Å²) >= 11 is 0. The van der Waals surface area contributed by atoms with Crippen LogP contribution in [0, 0.1) is 18.3 Å². The number of anilines is 1. The van der Waals surface area contributed by atoms with E-state index in [0.717, 1.165) is 51.3 Å². The quantitative estimate of drug-likeness (QED) is 0.807. The van der Waals surface area contributed by atoms with Crippen LogP contribution in [0.3, 0.4) is 0 Å². The van der Waals surface area contributed by atoms with Crippen molar-refractivity contribution >= 4 is 36.4 Å². The number of hydrogen-bond acceptors (Lipinski definition) is 4. The van der Waals surface area contributed by atoms with Gasteiger partial charge in [-0.1, -0.05) is 17.7 Å². The summed E-state index contributed by atoms with van der Waals surface area (Å²) in [6.07, 6.45) is 2.10. The number of nitrogens with one attached hydrogen (secondary N) is 1. The Labute approximate surface area is 167 Å². The molecule has 2 unspecified atom stereocenters. The Hall–Kier alpha value is -0.850. The summed E-state index contributed by atoms with van der Waals surface area (Å²) in [6, 6.07) is 6.40. The molecule has 1 aromatic carbocycles. The van der Waals surface area contributed by atoms with Crippen LogP contribution >= 0.6 is 24.8 Å². The van der Waals surface area contributed by atoms with Crippen molar-refractivity contribution in [1.82, 2.24) is 10.2 Å². The van der Waals surface area contributed by atoms with E-state index in [-0.39, 0.29) is 42.7 Å². The lowest BCUT2D eigenvalue weighted by Gasteiger charge is -2.31. The lowest BCUT2D eigenvalue weighted by atomic mass is 9.82. The van der Waals surface area contributed by atoms with Gasteiger partial charge in [0.25, 0.3) is 0 Å². The van der Waals surface area contributed by atoms with Gasteiger partial charge < -0.3 is 15.3 Å². The maximum Gasteiger partial charge on any atom is 0.241 e. The minimum atomic E-state index is -0.0444. The molecule has 146 valence electrons. The SMILES string of the molecule is Cc1ccc2c(c1)CCCN2C(=O)CN1CC2CNCC2(CO)C1.Cl.Cl. The number of carbonyl (C=O) groups is 1. The topological polar surface area (TPSA) is 55.8 Å². The fourth-order valence-electron chi connectivity index (χ4n) is 4.74. The average molecular weight is 402 g/mol. The second-order valence-electron chi connectivity index (χ2n) is 7.80. The van der Waals surface area contributed by atoms with Crippen LogP contribution in [0.2, 0.25) is 0 Å². The first-order valence-electron chi connectivity index (χ1n) is 9.05. The number of aliphatic hydroxyl groups excluding tert-OH is 1. The highest BCUT2D eigenvalue weighted by molar-refractivity contribution is 5.96. The molecule has 5 nitrogen and oxygen atoms in total. The lowest BCUT2D eigenvalue weighted by Crippen LogP contribution is -2.43. The van der Waals surface area contributed by atoms with E-state index in [4.69, 9.17) is 0 Å². The van der Waals surface area contributed by atoms with E-state index in [0.29, 0.717) is 12.5 Å². The number of rotatable bonds is 3. The molecule has 7 heteroatoms. The van der Waals surface area contributed by atoms with Gasteiger partial charge in [0.2, 0.25) is 5.91 Å². The van der Waals surface area contributed by atoms with E-state index in [1.165, 1.54) is 11.1 Å². The molecule has 0 saturated carbocycles. The third kappa shape index (κ3) is 3.73. The van der Waals surface area contributed by atoms with Crippen LogP contribution < -0.4 is 10.2 Å². The van der Waals surface area contributed by atoms with Gasteiger partial charge in [-0.3, -0.25) is 9.69 Å². The third-order valence-electron chi connectivity index (χ3n) is 6.08. The smallest absolute Gasteiger partial charge is 0.241 e. The number of halogens is 2. The Bertz CT molecular complexity index is 658. The van der Waals surface area contributed by atoms with Crippen molar-refractivity contribution in [3.8, 4) is 0 Å². The Morgan fingerprint density at radius 3 is 2.92 bits per heavy atom. The van der Waals surface area contributed by atoms with Crippen molar-refractivity contribution in [3.05, 3.63) is 29.3 Å². The van der Waals surface area contributed by atoms with Crippen molar-refractivity contribution in [2.45, 2.75) is 19.8 Å². The molecule has 0 spiro atoms. The van der Waals surface area contributed by atoms with Gasteiger partial charge in [0.1, 0.15) is 0 Å². The lowest BCUT2D eigenvalue weighted by molar-refractivity contribution is -0.119. The monoisotopic (exact) mass is 401 g/mol. The van der Waals surface area contributed by atoms with Crippen molar-refractivity contribution in [2.75, 3.05) is 50.8 Å². The average Bonchev–Trinajstić information content (AvgIpc) is 3.10. The van der Waals surface area contributed by atoms with Crippen molar-refractivity contribution in [3.63, 3.8) is 0 Å². The number of aryl methyl sites for hydroxylation is 2. The van der Waals surface area contributed by atoms with E-state index in [2.05, 4.69) is 35.3 Å². The minimum Gasteiger partial charge on any atom is -0.396 e. The Balaban J connectivity index is 0.00000121. The number of fused-ring (bicyclic) bond motifs is 2. The molecule has 3 aliphatic rings. The van der Waals surface area contributed by atoms with Gasteiger partial charge in [-0.15, -0.1) is 24.8 Å². The zero-order valence-electron chi connectivity index (χ0n) is 15.2. The van der Waals surface area contributed by atoms with Crippen LogP contribution in [0.5, 0.6) is 0 Å². The summed E-state index contributed by atoms with van der Waals surface area (Å²) in [4.78, 5) is 17.1. The number of amides is 1. The van der Waals surface area contributed by atoms with Crippen LogP contribution in [0.4, 0.5) is 5.69 Å². The maximum atomic E-state index is 12.9. The first-order chi connectivity index (χ1) is 11.6. The van der Waals surface area contributed by atoms with E-state index >= 15 is 0 Å². The highest BCUT2D eigenvalue weighted by Gasteiger charge is 2.49. The predicted molar refractivity (Wildman–Crippen MR) is 109 cm³/mol. The molecule has 4 rings (SSSR count). The van der Waals surface area contributed by atoms with Crippen LogP contribution in [0.25, 0.3) is 0 Å². The van der Waals surface area contributed by atoms with E-state index in [1.807, 2.05) is 4.90 Å². The van der Waals surface area contributed by atoms with E-state index in [1.54, 1.807) is 0 Å². The molecule has 0 radical (unpaired) electrons. The molecule has 2 fully saturated rings. The molecule has 2 atom stereocenters. The zero-order chi connectivity index (χ0) is 16.7. The Morgan fingerprint density at radius 1 is 1.38 bits per heavy atom. The summed E-state index contributed by atoms with van der Waals surface area (Å²) < 4.78 is 0. The molecule has 3 aliphatic heterocycles. The Kier molecular flexibility index (Phi) is 6.97. The van der Waals surface area contributed by atoms with Gasteiger partial charge in [-0.05, 0) is 43.9 Å². The molecular formula is C19H29Cl2N3O2. The van der Waals surface area contributed by atoms with Gasteiger partial charge in [0, 0.05) is 37.3 Å². The number of nitrogens with zero attached hydrogens (tertiary/aromatic N) is 2. The molecule has 0 aliphatic carbocycles. The number of carbonyl (C=O) groups excluding carboxylic acids is 1. The van der Waals surface area contributed by atoms with E-state index < -0.39 is 0 Å². The molecule has 1 amide bonds. The number of hydrogen-bond donors (Lipinski definition) is 2. The molecule has 26 heavy (non-hydrogen) atoms. The summed E-state index contributed by atoms with van der Waals surface area (Å²) in [5, 5.41) is 13.2. The Morgan fingerprint density at radius 2 is 2.19 bits per heavy atom. The van der Waals surface area contributed by atoms with E-state index in [9.17, 15) is 9.90 Å². The predicted octanol–water partition coefficient (Wildman–Crippen LogP) is 1.63. The molecular weight excluding hydrogens is 373 g/mol. The highest BCUT2D eigenvalue weighted by Crippen LogP contribution is 2.38. The first kappa shape index (κ1) is 21.5. The fraction of sp³-hybridized carbons (Fsp3) is 0.632. The number of aliphatic hydroxyl groups is 1. The van der Waals surface area contributed by atoms with Gasteiger partial charge >= 0.3 is 0 Å². The molecule has 3 heterocycles. The summed E-state index contributed by atoms with van der Waals surface area (Å²) in [5.41, 5.74) is 3.60. The molecule has 0 bridgehead atoms. The highest BCUT2D eigenvalue weighted by atomic mass is 35.5. The largest absolute Gasteiger partial charge is 0.396 e. The van der Waals surface area contributed by atoms with Crippen molar-refractivity contribution < 1.29 is 9.90 Å². The standard InChI is InChI=1S/C19H27N3O2.2ClH/c1-14-4-5-17-15(7-14)3-2-6-22(17)18(24)10-21-9-16-8-20-11-19(16,12-21)13-23;;/h4-5,7,16,20,23H,2-3,6,8-13H2,1H3;2*1H. The normalized spacial score (nSPS) is 27.3. The second-order valence-corrected chi connectivity index (χ2v) is 7.80. The number of benzene rings is 1. The van der Waals surface area contributed by atoms with Crippen molar-refractivity contribution in [1.29, 1.82) is 0 Å². The molecule has 2 saturated heterocycles. The number of likely N-dealkylation sites (tertiary alicyclic amines) is 1.